The Morgan fingerprint density at radius 1 is 1.50 bits per heavy atom. The van der Waals surface area contributed by atoms with E-state index in [0.29, 0.717) is 0 Å². The van der Waals surface area contributed by atoms with Crippen LogP contribution in [0, 0.1) is 0 Å². The molecule has 2 N–H and O–H groups in total. The van der Waals surface area contributed by atoms with E-state index in [4.69, 9.17) is 5.73 Å². The zero-order valence-electron chi connectivity index (χ0n) is 10.8. The van der Waals surface area contributed by atoms with Crippen LogP contribution in [0.4, 0.5) is 0 Å². The maximum atomic E-state index is 5.96. The lowest BCUT2D eigenvalue weighted by Crippen LogP contribution is -2.19. The van der Waals surface area contributed by atoms with Crippen LogP contribution in [0.3, 0.4) is 0 Å². The van der Waals surface area contributed by atoms with Gasteiger partial charge >= 0.3 is 0 Å². The summed E-state index contributed by atoms with van der Waals surface area (Å²) in [4.78, 5) is 10.1. The van der Waals surface area contributed by atoms with E-state index in [0.717, 1.165) is 31.6 Å². The summed E-state index contributed by atoms with van der Waals surface area (Å²) in [5.41, 5.74) is 7.12. The maximum Gasteiger partial charge on any atom is 0.194 e. The molecule has 0 aliphatic heterocycles. The molecule has 0 spiro atoms. The second-order valence-electron chi connectivity index (χ2n) is 4.52. The molecule has 3 aromatic rings. The molecule has 0 aromatic carbocycles. The van der Waals surface area contributed by atoms with Gasteiger partial charge in [-0.25, -0.2) is 9.97 Å². The number of nitrogens with two attached hydrogens (primary N) is 1. The molecule has 0 fully saturated rings. The number of pyridine rings is 1. The summed E-state index contributed by atoms with van der Waals surface area (Å²) in [6, 6.07) is 4.07. The molecule has 0 radical (unpaired) electrons. The first-order valence-electron chi connectivity index (χ1n) is 6.13. The minimum atomic E-state index is 0.104. The van der Waals surface area contributed by atoms with E-state index in [-0.39, 0.29) is 6.04 Å². The van der Waals surface area contributed by atoms with Crippen molar-refractivity contribution in [1.29, 1.82) is 0 Å². The highest BCUT2D eigenvalue weighted by molar-refractivity contribution is 9.10. The van der Waals surface area contributed by atoms with Gasteiger partial charge in [0.05, 0.1) is 5.69 Å². The Bertz CT molecular complexity index is 718. The van der Waals surface area contributed by atoms with Crippen LogP contribution in [0.25, 0.3) is 4.96 Å². The summed E-state index contributed by atoms with van der Waals surface area (Å²) in [6.45, 7) is 2.01. The van der Waals surface area contributed by atoms with Crippen molar-refractivity contribution in [3.63, 3.8) is 0 Å². The number of thiazole rings is 1. The third-order valence-electron chi connectivity index (χ3n) is 2.74. The summed E-state index contributed by atoms with van der Waals surface area (Å²) in [6.07, 6.45) is 4.65. The second-order valence-corrected chi connectivity index (χ2v) is 7.32. The van der Waals surface area contributed by atoms with Crippen LogP contribution in [0.15, 0.2) is 44.4 Å². The highest BCUT2D eigenvalue weighted by atomic mass is 79.9. The van der Waals surface area contributed by atoms with Crippen molar-refractivity contribution in [2.75, 3.05) is 0 Å². The van der Waals surface area contributed by atoms with Crippen LogP contribution >= 0.6 is 39.0 Å². The van der Waals surface area contributed by atoms with Crippen LogP contribution in [0.1, 0.15) is 12.6 Å². The molecule has 3 aromatic heterocycles. The molecule has 3 heterocycles. The quantitative estimate of drug-likeness (QED) is 0.764. The Labute approximate surface area is 133 Å². The number of nitrogens with zero attached hydrogens (tertiary/aromatic N) is 3. The van der Waals surface area contributed by atoms with Gasteiger partial charge in [0.15, 0.2) is 4.96 Å². The lowest BCUT2D eigenvalue weighted by atomic mass is 10.2. The zero-order valence-corrected chi connectivity index (χ0v) is 14.0. The highest BCUT2D eigenvalue weighted by Gasteiger charge is 2.16. The molecule has 1 unspecified atom stereocenters. The molecule has 0 saturated heterocycles. The molecule has 7 heteroatoms. The lowest BCUT2D eigenvalue weighted by molar-refractivity contribution is 0.706. The summed E-state index contributed by atoms with van der Waals surface area (Å²) in [7, 11) is 0. The number of halogens is 1. The Morgan fingerprint density at radius 2 is 2.35 bits per heavy atom. The monoisotopic (exact) mass is 368 g/mol. The first kappa shape index (κ1) is 14.1. The fraction of sp³-hybridized carbons (Fsp3) is 0.231. The van der Waals surface area contributed by atoms with Crippen molar-refractivity contribution in [1.82, 2.24) is 14.4 Å². The molecular formula is C13H13BrN4S2. The van der Waals surface area contributed by atoms with Gasteiger partial charge in [-0.1, -0.05) is 0 Å². The molecule has 20 heavy (non-hydrogen) atoms. The molecule has 0 bridgehead atoms. The van der Waals surface area contributed by atoms with Crippen molar-refractivity contribution in [2.45, 2.75) is 29.4 Å². The Hall–Kier alpha value is -0.890. The number of hydrogen-bond acceptors (Lipinski definition) is 5. The van der Waals surface area contributed by atoms with Gasteiger partial charge in [0.2, 0.25) is 0 Å². The highest BCUT2D eigenvalue weighted by Crippen LogP contribution is 2.31. The minimum Gasteiger partial charge on any atom is -0.328 e. The molecule has 0 aliphatic carbocycles. The SMILES string of the molecule is CC(N)Cc1c(Sc2ccc(Br)cn2)nc2sccn12. The van der Waals surface area contributed by atoms with Crippen molar-refractivity contribution in [2.24, 2.45) is 5.73 Å². The number of imidazole rings is 1. The predicted octanol–water partition coefficient (Wildman–Crippen LogP) is 3.59. The van der Waals surface area contributed by atoms with Crippen LogP contribution in [0.5, 0.6) is 0 Å². The zero-order chi connectivity index (χ0) is 14.1. The fourth-order valence-corrected chi connectivity index (χ4v) is 3.80. The average molecular weight is 369 g/mol. The normalized spacial score (nSPS) is 12.9. The standard InChI is InChI=1S/C13H13BrN4S2/c1-8(15)6-10-12(17-13-18(10)4-5-19-13)20-11-3-2-9(14)7-16-11/h2-5,7-8H,6,15H2,1H3. The van der Waals surface area contributed by atoms with E-state index in [2.05, 4.69) is 30.3 Å². The number of aromatic nitrogens is 3. The van der Waals surface area contributed by atoms with Crippen molar-refractivity contribution in [3.05, 3.63) is 40.1 Å². The van der Waals surface area contributed by atoms with Crippen LogP contribution in [-0.4, -0.2) is 20.4 Å². The topological polar surface area (TPSA) is 56.2 Å². The van der Waals surface area contributed by atoms with E-state index in [9.17, 15) is 0 Å². The van der Waals surface area contributed by atoms with E-state index in [1.807, 2.05) is 30.6 Å². The van der Waals surface area contributed by atoms with E-state index in [1.165, 1.54) is 0 Å². The van der Waals surface area contributed by atoms with Crippen molar-refractivity contribution < 1.29 is 0 Å². The van der Waals surface area contributed by atoms with Crippen molar-refractivity contribution in [3.8, 4) is 0 Å². The molecular weight excluding hydrogens is 356 g/mol. The van der Waals surface area contributed by atoms with Gasteiger partial charge in [0.25, 0.3) is 0 Å². The molecule has 0 aliphatic rings. The number of rotatable bonds is 4. The van der Waals surface area contributed by atoms with Gasteiger partial charge in [-0.15, -0.1) is 11.3 Å². The number of fused-ring (bicyclic) bond motifs is 1. The Kier molecular flexibility index (Phi) is 4.11. The van der Waals surface area contributed by atoms with Crippen LogP contribution < -0.4 is 5.73 Å². The number of hydrogen-bond donors (Lipinski definition) is 1. The second kappa shape index (κ2) is 5.85. The maximum absolute atomic E-state index is 5.96. The largest absolute Gasteiger partial charge is 0.328 e. The van der Waals surface area contributed by atoms with Crippen LogP contribution in [0.2, 0.25) is 0 Å². The third-order valence-corrected chi connectivity index (χ3v) is 4.94. The average Bonchev–Trinajstić information content (AvgIpc) is 2.96. The molecule has 0 amide bonds. The molecule has 104 valence electrons. The van der Waals surface area contributed by atoms with Gasteiger partial charge in [-0.3, -0.25) is 4.40 Å². The van der Waals surface area contributed by atoms with Crippen LogP contribution in [-0.2, 0) is 6.42 Å². The van der Waals surface area contributed by atoms with Gasteiger partial charge in [0, 0.05) is 34.7 Å². The van der Waals surface area contributed by atoms with Gasteiger partial charge in [-0.2, -0.15) is 0 Å². The van der Waals surface area contributed by atoms with Gasteiger partial charge in [-0.05, 0) is 46.7 Å². The van der Waals surface area contributed by atoms with Crippen molar-refractivity contribution >= 4 is 44.0 Å². The molecule has 4 nitrogen and oxygen atoms in total. The minimum absolute atomic E-state index is 0.104. The fourth-order valence-electron chi connectivity index (χ4n) is 1.91. The predicted molar refractivity (Wildman–Crippen MR) is 86.5 cm³/mol. The molecule has 1 atom stereocenters. The summed E-state index contributed by atoms with van der Waals surface area (Å²) in [5, 5.41) is 3.97. The summed E-state index contributed by atoms with van der Waals surface area (Å²) < 4.78 is 3.10. The van der Waals surface area contributed by atoms with E-state index in [1.54, 1.807) is 29.3 Å². The summed E-state index contributed by atoms with van der Waals surface area (Å²) >= 11 is 6.61. The molecule has 0 saturated carbocycles. The third kappa shape index (κ3) is 2.90. The lowest BCUT2D eigenvalue weighted by Gasteiger charge is -2.06. The smallest absolute Gasteiger partial charge is 0.194 e. The van der Waals surface area contributed by atoms with E-state index < -0.39 is 0 Å². The first-order chi connectivity index (χ1) is 9.63. The molecule has 3 rings (SSSR count). The summed E-state index contributed by atoms with van der Waals surface area (Å²) in [5.74, 6) is 0. The Morgan fingerprint density at radius 3 is 3.05 bits per heavy atom. The Balaban J connectivity index is 1.97. The van der Waals surface area contributed by atoms with Gasteiger partial charge < -0.3 is 5.73 Å². The van der Waals surface area contributed by atoms with Gasteiger partial charge in [0.1, 0.15) is 10.1 Å². The van der Waals surface area contributed by atoms with E-state index >= 15 is 0 Å². The first-order valence-corrected chi connectivity index (χ1v) is 8.62.